The lowest BCUT2D eigenvalue weighted by molar-refractivity contribution is 0.296. The highest BCUT2D eigenvalue weighted by Crippen LogP contribution is 2.24. The Labute approximate surface area is 139 Å². The molecule has 0 amide bonds. The standard InChI is InChI=1S/C18H21BrFNO/c1-2-3-10-21-12-15-11-16(19)8-9-18(15)22-13-14-6-4-5-7-17(14)20/h4-9,11,21H,2-3,10,12-13H2,1H3. The summed E-state index contributed by atoms with van der Waals surface area (Å²) in [6.45, 7) is 4.13. The Morgan fingerprint density at radius 2 is 1.95 bits per heavy atom. The number of ether oxygens (including phenoxy) is 1. The molecule has 1 N–H and O–H groups in total. The highest BCUT2D eigenvalue weighted by molar-refractivity contribution is 9.10. The molecule has 0 saturated heterocycles. The molecule has 2 nitrogen and oxygen atoms in total. The maximum absolute atomic E-state index is 13.6. The number of nitrogens with one attached hydrogen (secondary N) is 1. The molecule has 0 bridgehead atoms. The van der Waals surface area contributed by atoms with Gasteiger partial charge in [0.1, 0.15) is 18.2 Å². The van der Waals surface area contributed by atoms with Gasteiger partial charge >= 0.3 is 0 Å². The fourth-order valence-electron chi connectivity index (χ4n) is 2.12. The Morgan fingerprint density at radius 3 is 2.73 bits per heavy atom. The van der Waals surface area contributed by atoms with Crippen molar-refractivity contribution in [2.75, 3.05) is 6.54 Å². The van der Waals surface area contributed by atoms with Crippen molar-refractivity contribution in [1.29, 1.82) is 0 Å². The summed E-state index contributed by atoms with van der Waals surface area (Å²) in [6.07, 6.45) is 2.32. The van der Waals surface area contributed by atoms with Gasteiger partial charge in [-0.05, 0) is 37.2 Å². The summed E-state index contributed by atoms with van der Waals surface area (Å²) in [7, 11) is 0. The van der Waals surface area contributed by atoms with Crippen molar-refractivity contribution in [3.8, 4) is 5.75 Å². The second-order valence-electron chi connectivity index (χ2n) is 5.16. The lowest BCUT2D eigenvalue weighted by Crippen LogP contribution is -2.15. The molecule has 0 aromatic heterocycles. The first-order valence-electron chi connectivity index (χ1n) is 7.56. The van der Waals surface area contributed by atoms with Crippen LogP contribution in [0, 0.1) is 5.82 Å². The monoisotopic (exact) mass is 365 g/mol. The van der Waals surface area contributed by atoms with Crippen LogP contribution in [-0.4, -0.2) is 6.54 Å². The van der Waals surface area contributed by atoms with E-state index in [1.54, 1.807) is 12.1 Å². The average molecular weight is 366 g/mol. The van der Waals surface area contributed by atoms with Gasteiger partial charge in [0.05, 0.1) is 0 Å². The van der Waals surface area contributed by atoms with Gasteiger partial charge in [0.25, 0.3) is 0 Å². The summed E-state index contributed by atoms with van der Waals surface area (Å²) in [5.74, 6) is 0.553. The van der Waals surface area contributed by atoms with E-state index >= 15 is 0 Å². The maximum atomic E-state index is 13.6. The van der Waals surface area contributed by atoms with Gasteiger partial charge in [-0.2, -0.15) is 0 Å². The molecule has 0 aliphatic heterocycles. The van der Waals surface area contributed by atoms with Crippen molar-refractivity contribution in [2.45, 2.75) is 32.9 Å². The molecule has 0 radical (unpaired) electrons. The molecule has 2 aromatic carbocycles. The van der Waals surface area contributed by atoms with Crippen molar-refractivity contribution in [2.24, 2.45) is 0 Å². The van der Waals surface area contributed by atoms with Gasteiger partial charge in [0.2, 0.25) is 0 Å². The molecule has 0 unspecified atom stereocenters. The van der Waals surface area contributed by atoms with Crippen molar-refractivity contribution in [1.82, 2.24) is 5.32 Å². The van der Waals surface area contributed by atoms with E-state index in [4.69, 9.17) is 4.74 Å². The van der Waals surface area contributed by atoms with E-state index < -0.39 is 0 Å². The van der Waals surface area contributed by atoms with Crippen LogP contribution >= 0.6 is 15.9 Å². The molecule has 0 saturated carbocycles. The lowest BCUT2D eigenvalue weighted by Gasteiger charge is -2.13. The third-order valence-corrected chi connectivity index (χ3v) is 3.88. The van der Waals surface area contributed by atoms with Gasteiger partial charge in [-0.15, -0.1) is 0 Å². The van der Waals surface area contributed by atoms with Crippen LogP contribution in [0.4, 0.5) is 4.39 Å². The minimum Gasteiger partial charge on any atom is -0.488 e. The number of hydrogen-bond donors (Lipinski definition) is 1. The van der Waals surface area contributed by atoms with E-state index in [-0.39, 0.29) is 12.4 Å². The molecule has 0 heterocycles. The molecular formula is C18H21BrFNO. The van der Waals surface area contributed by atoms with Crippen molar-refractivity contribution in [3.05, 3.63) is 63.9 Å². The van der Waals surface area contributed by atoms with Crippen LogP contribution in [-0.2, 0) is 13.2 Å². The summed E-state index contributed by atoms with van der Waals surface area (Å²) < 4.78 is 20.5. The number of benzene rings is 2. The van der Waals surface area contributed by atoms with Crippen molar-refractivity contribution in [3.63, 3.8) is 0 Å². The second kappa shape index (κ2) is 8.91. The summed E-state index contributed by atoms with van der Waals surface area (Å²) in [5, 5.41) is 3.40. The highest BCUT2D eigenvalue weighted by atomic mass is 79.9. The molecule has 118 valence electrons. The van der Waals surface area contributed by atoms with Crippen molar-refractivity contribution >= 4 is 15.9 Å². The first-order chi connectivity index (χ1) is 10.7. The van der Waals surface area contributed by atoms with E-state index in [2.05, 4.69) is 28.2 Å². The van der Waals surface area contributed by atoms with Crippen LogP contribution in [0.2, 0.25) is 0 Å². The average Bonchev–Trinajstić information content (AvgIpc) is 2.52. The third kappa shape index (κ3) is 5.11. The van der Waals surface area contributed by atoms with Crippen molar-refractivity contribution < 1.29 is 9.13 Å². The predicted molar refractivity (Wildman–Crippen MR) is 91.5 cm³/mol. The Kier molecular flexibility index (Phi) is 6.87. The molecule has 22 heavy (non-hydrogen) atoms. The lowest BCUT2D eigenvalue weighted by atomic mass is 10.2. The number of hydrogen-bond acceptors (Lipinski definition) is 2. The minimum atomic E-state index is -0.234. The smallest absolute Gasteiger partial charge is 0.129 e. The topological polar surface area (TPSA) is 21.3 Å². The van der Waals surface area contributed by atoms with Crippen LogP contribution in [0.1, 0.15) is 30.9 Å². The van der Waals surface area contributed by atoms with E-state index in [9.17, 15) is 4.39 Å². The predicted octanol–water partition coefficient (Wildman–Crippen LogP) is 5.06. The van der Waals surface area contributed by atoms with Gasteiger partial charge in [-0.1, -0.05) is 47.5 Å². The molecule has 0 spiro atoms. The molecule has 2 rings (SSSR count). The van der Waals surface area contributed by atoms with Crippen LogP contribution in [0.5, 0.6) is 5.75 Å². The Bertz CT molecular complexity index is 603. The summed E-state index contributed by atoms with van der Waals surface area (Å²) in [6, 6.07) is 12.6. The molecule has 4 heteroatoms. The van der Waals surface area contributed by atoms with E-state index in [0.29, 0.717) is 5.56 Å². The van der Waals surface area contributed by atoms with E-state index in [1.807, 2.05) is 24.3 Å². The largest absolute Gasteiger partial charge is 0.488 e. The van der Waals surface area contributed by atoms with E-state index in [1.165, 1.54) is 12.5 Å². The molecule has 0 aliphatic carbocycles. The Morgan fingerprint density at radius 1 is 1.14 bits per heavy atom. The van der Waals surface area contributed by atoms with Gasteiger partial charge < -0.3 is 10.1 Å². The number of unbranched alkanes of at least 4 members (excludes halogenated alkanes) is 1. The van der Waals surface area contributed by atoms with E-state index in [0.717, 1.165) is 35.3 Å². The third-order valence-electron chi connectivity index (χ3n) is 3.39. The summed E-state index contributed by atoms with van der Waals surface area (Å²) >= 11 is 3.48. The zero-order valence-electron chi connectivity index (χ0n) is 12.7. The van der Waals surface area contributed by atoms with Crippen LogP contribution in [0.25, 0.3) is 0 Å². The van der Waals surface area contributed by atoms with Gasteiger partial charge in [-0.25, -0.2) is 4.39 Å². The normalized spacial score (nSPS) is 10.7. The summed E-state index contributed by atoms with van der Waals surface area (Å²) in [5.41, 5.74) is 1.64. The number of halogens is 2. The second-order valence-corrected chi connectivity index (χ2v) is 6.08. The van der Waals surface area contributed by atoms with Crippen LogP contribution in [0.15, 0.2) is 46.9 Å². The molecule has 0 aliphatic rings. The molecular weight excluding hydrogens is 345 g/mol. The Hall–Kier alpha value is -1.39. The Balaban J connectivity index is 2.01. The fraction of sp³-hybridized carbons (Fsp3) is 0.333. The fourth-order valence-corrected chi connectivity index (χ4v) is 2.53. The van der Waals surface area contributed by atoms with Crippen LogP contribution in [0.3, 0.4) is 0 Å². The van der Waals surface area contributed by atoms with Gasteiger partial charge in [0.15, 0.2) is 0 Å². The molecule has 0 atom stereocenters. The first-order valence-corrected chi connectivity index (χ1v) is 8.35. The zero-order valence-corrected chi connectivity index (χ0v) is 14.3. The first kappa shape index (κ1) is 17.0. The van der Waals surface area contributed by atoms with Gasteiger partial charge in [0, 0.05) is 22.1 Å². The zero-order chi connectivity index (χ0) is 15.8. The highest BCUT2D eigenvalue weighted by Gasteiger charge is 2.07. The maximum Gasteiger partial charge on any atom is 0.129 e. The number of rotatable bonds is 8. The quantitative estimate of drug-likeness (QED) is 0.660. The SMILES string of the molecule is CCCCNCc1cc(Br)ccc1OCc1ccccc1F. The van der Waals surface area contributed by atoms with Gasteiger partial charge in [-0.3, -0.25) is 0 Å². The minimum absolute atomic E-state index is 0.232. The molecule has 2 aromatic rings. The van der Waals surface area contributed by atoms with Crippen LogP contribution < -0.4 is 10.1 Å². The summed E-state index contributed by atoms with van der Waals surface area (Å²) in [4.78, 5) is 0. The molecule has 0 fully saturated rings.